The third kappa shape index (κ3) is 5.31. The van der Waals surface area contributed by atoms with E-state index in [1.165, 1.54) is 38.4 Å². The number of hydrogen-bond acceptors (Lipinski definition) is 3. The lowest BCUT2D eigenvalue weighted by molar-refractivity contribution is 0.263. The van der Waals surface area contributed by atoms with E-state index in [-0.39, 0.29) is 6.23 Å². The summed E-state index contributed by atoms with van der Waals surface area (Å²) in [5.74, 6) is 0.892. The van der Waals surface area contributed by atoms with Crippen molar-refractivity contribution in [3.05, 3.63) is 200 Å². The van der Waals surface area contributed by atoms with E-state index in [1.807, 2.05) is 0 Å². The maximum atomic E-state index is 6.83. The topological polar surface area (TPSA) is 24.5 Å². The van der Waals surface area contributed by atoms with Gasteiger partial charge in [0.15, 0.2) is 12.0 Å². The van der Waals surface area contributed by atoms with Crippen molar-refractivity contribution in [2.45, 2.75) is 6.23 Å². The number of benzene rings is 9. The summed E-state index contributed by atoms with van der Waals surface area (Å²) < 4.78 is 6.83. The largest absolute Gasteiger partial charge is 0.464 e. The second-order valence-corrected chi connectivity index (χ2v) is 13.4. The van der Waals surface area contributed by atoms with Crippen molar-refractivity contribution in [2.24, 2.45) is 0 Å². The molecule has 0 aromatic heterocycles. The minimum absolute atomic E-state index is 0.274. The molecule has 52 heavy (non-hydrogen) atoms. The van der Waals surface area contributed by atoms with Crippen molar-refractivity contribution in [1.29, 1.82) is 0 Å². The summed E-state index contributed by atoms with van der Waals surface area (Å²) in [6, 6.07) is 69.4. The maximum Gasteiger partial charge on any atom is 0.196 e. The Balaban J connectivity index is 1.11. The normalized spacial score (nSPS) is 13.5. The zero-order chi connectivity index (χ0) is 34.4. The first-order valence-corrected chi connectivity index (χ1v) is 17.8. The number of fused-ring (bicyclic) bond motifs is 6. The van der Waals surface area contributed by atoms with Crippen LogP contribution in [0.25, 0.3) is 54.6 Å². The summed E-state index contributed by atoms with van der Waals surface area (Å²) in [6.07, 6.45) is -0.274. The molecule has 246 valence electrons. The molecule has 1 aliphatic heterocycles. The quantitative estimate of drug-likeness (QED) is 0.179. The average molecular weight is 667 g/mol. The predicted molar refractivity (Wildman–Crippen MR) is 218 cm³/mol. The van der Waals surface area contributed by atoms with E-state index in [9.17, 15) is 0 Å². The van der Waals surface area contributed by atoms with Crippen LogP contribution in [0.5, 0.6) is 5.75 Å². The van der Waals surface area contributed by atoms with Gasteiger partial charge < -0.3 is 15.0 Å². The van der Waals surface area contributed by atoms with Gasteiger partial charge in [-0.25, -0.2) is 0 Å². The van der Waals surface area contributed by atoms with Crippen LogP contribution in [0, 0.1) is 0 Å². The third-order valence-electron chi connectivity index (χ3n) is 10.2. The van der Waals surface area contributed by atoms with Gasteiger partial charge in [-0.05, 0) is 97.7 Å². The number of anilines is 4. The smallest absolute Gasteiger partial charge is 0.196 e. The summed E-state index contributed by atoms with van der Waals surface area (Å²) >= 11 is 0. The Morgan fingerprint density at radius 2 is 1.00 bits per heavy atom. The zero-order valence-electron chi connectivity index (χ0n) is 28.4. The van der Waals surface area contributed by atoms with Crippen molar-refractivity contribution in [3.8, 4) is 28.0 Å². The van der Waals surface area contributed by atoms with Gasteiger partial charge in [-0.1, -0.05) is 146 Å². The molecule has 0 saturated heterocycles. The van der Waals surface area contributed by atoms with E-state index in [0.29, 0.717) is 0 Å². The Kier molecular flexibility index (Phi) is 7.21. The van der Waals surface area contributed by atoms with Gasteiger partial charge in [0.2, 0.25) is 0 Å². The van der Waals surface area contributed by atoms with Crippen LogP contribution in [0.2, 0.25) is 0 Å². The average Bonchev–Trinajstić information content (AvgIpc) is 3.67. The molecule has 0 amide bonds. The van der Waals surface area contributed by atoms with Crippen molar-refractivity contribution >= 4 is 55.1 Å². The highest BCUT2D eigenvalue weighted by Crippen LogP contribution is 2.47. The molecule has 0 fully saturated rings. The second-order valence-electron chi connectivity index (χ2n) is 13.4. The van der Waals surface area contributed by atoms with Crippen molar-refractivity contribution in [3.63, 3.8) is 0 Å². The summed E-state index contributed by atoms with van der Waals surface area (Å²) in [6.45, 7) is 0. The lowest BCUT2D eigenvalue weighted by atomic mass is 9.99. The zero-order valence-corrected chi connectivity index (χ0v) is 28.4. The molecule has 1 heterocycles. The molecule has 0 bridgehead atoms. The molecular formula is C49H34N2O. The summed E-state index contributed by atoms with van der Waals surface area (Å²) in [5.41, 5.74) is 10.1. The molecule has 10 rings (SSSR count). The van der Waals surface area contributed by atoms with Crippen molar-refractivity contribution < 1.29 is 4.74 Å². The highest BCUT2D eigenvalue weighted by Gasteiger charge is 2.27. The monoisotopic (exact) mass is 666 g/mol. The van der Waals surface area contributed by atoms with E-state index < -0.39 is 0 Å². The van der Waals surface area contributed by atoms with E-state index >= 15 is 0 Å². The molecule has 1 atom stereocenters. The summed E-state index contributed by atoms with van der Waals surface area (Å²) in [7, 11) is 0. The van der Waals surface area contributed by atoms with Crippen LogP contribution in [0.4, 0.5) is 22.7 Å². The molecule has 0 aliphatic carbocycles. The van der Waals surface area contributed by atoms with Gasteiger partial charge >= 0.3 is 0 Å². The van der Waals surface area contributed by atoms with Crippen LogP contribution in [-0.2, 0) is 0 Å². The van der Waals surface area contributed by atoms with Crippen LogP contribution in [0.3, 0.4) is 0 Å². The van der Waals surface area contributed by atoms with E-state index in [0.717, 1.165) is 50.2 Å². The van der Waals surface area contributed by atoms with Crippen molar-refractivity contribution in [2.75, 3.05) is 10.2 Å². The van der Waals surface area contributed by atoms with Crippen LogP contribution < -0.4 is 15.0 Å². The highest BCUT2D eigenvalue weighted by atomic mass is 16.5. The van der Waals surface area contributed by atoms with Gasteiger partial charge in [-0.15, -0.1) is 0 Å². The standard InChI is InChI=1S/C49H34N2O/c1-3-10-33(11-4-1)36-22-26-42(27-23-36)51(43-17-9-16-40(31-43)34-12-5-2-6-13-34)44-28-24-37-19-20-38-25-29-46-48(47(38)45(37)32-44)52-49(50-46)41-21-18-35-14-7-8-15-39(35)30-41/h1-32,49-50H. The molecule has 0 saturated carbocycles. The first kappa shape index (κ1) is 30.0. The molecule has 1 aliphatic rings. The molecule has 3 heteroatoms. The lowest BCUT2D eigenvalue weighted by Crippen LogP contribution is -2.10. The van der Waals surface area contributed by atoms with Gasteiger partial charge in [0.05, 0.1) is 5.69 Å². The molecular weight excluding hydrogens is 633 g/mol. The number of hydrogen-bond donors (Lipinski definition) is 1. The Bertz CT molecular complexity index is 2740. The number of rotatable bonds is 6. The van der Waals surface area contributed by atoms with E-state index in [1.54, 1.807) is 0 Å². The number of ether oxygens (including phenoxy) is 1. The maximum absolute atomic E-state index is 6.83. The van der Waals surface area contributed by atoms with Crippen LogP contribution >= 0.6 is 0 Å². The van der Waals surface area contributed by atoms with Crippen LogP contribution in [-0.4, -0.2) is 0 Å². The number of nitrogens with zero attached hydrogens (tertiary/aromatic N) is 1. The fourth-order valence-electron chi connectivity index (χ4n) is 7.62. The molecule has 1 unspecified atom stereocenters. The Labute approximate surface area is 303 Å². The van der Waals surface area contributed by atoms with Crippen LogP contribution in [0.1, 0.15) is 11.8 Å². The predicted octanol–water partition coefficient (Wildman–Crippen LogP) is 13.5. The molecule has 9 aromatic rings. The van der Waals surface area contributed by atoms with Gasteiger partial charge in [0.1, 0.15) is 0 Å². The lowest BCUT2D eigenvalue weighted by Gasteiger charge is -2.27. The molecule has 3 nitrogen and oxygen atoms in total. The second kappa shape index (κ2) is 12.5. The minimum Gasteiger partial charge on any atom is -0.464 e. The summed E-state index contributed by atoms with van der Waals surface area (Å²) in [4.78, 5) is 2.36. The number of nitrogens with one attached hydrogen (secondary N) is 1. The minimum atomic E-state index is -0.274. The van der Waals surface area contributed by atoms with E-state index in [4.69, 9.17) is 4.74 Å². The Morgan fingerprint density at radius 3 is 1.81 bits per heavy atom. The van der Waals surface area contributed by atoms with Crippen molar-refractivity contribution in [1.82, 2.24) is 0 Å². The first-order valence-electron chi connectivity index (χ1n) is 17.8. The molecule has 0 radical (unpaired) electrons. The van der Waals surface area contributed by atoms with E-state index in [2.05, 4.69) is 204 Å². The highest BCUT2D eigenvalue weighted by molar-refractivity contribution is 6.14. The first-order chi connectivity index (χ1) is 25.7. The molecule has 9 aromatic carbocycles. The fraction of sp³-hybridized carbons (Fsp3) is 0.0204. The fourth-order valence-corrected chi connectivity index (χ4v) is 7.62. The Hall–Kier alpha value is -6.84. The van der Waals surface area contributed by atoms with Gasteiger partial charge in [0.25, 0.3) is 0 Å². The molecule has 1 N–H and O–H groups in total. The summed E-state index contributed by atoms with van der Waals surface area (Å²) in [5, 5.41) is 10.7. The SMILES string of the molecule is c1ccc(-c2ccc(N(c3cccc(-c4ccccc4)c3)c3ccc4ccc5ccc6c(c5c4c3)OC(c3ccc4ccccc4c3)N6)cc2)cc1. The molecule has 0 spiro atoms. The van der Waals surface area contributed by atoms with Crippen LogP contribution in [0.15, 0.2) is 194 Å². The van der Waals surface area contributed by atoms with Gasteiger partial charge in [-0.2, -0.15) is 0 Å². The van der Waals surface area contributed by atoms with Gasteiger partial charge in [0, 0.05) is 28.0 Å². The third-order valence-corrected chi connectivity index (χ3v) is 10.2. The van der Waals surface area contributed by atoms with Gasteiger partial charge in [-0.3, -0.25) is 0 Å². The Morgan fingerprint density at radius 1 is 0.404 bits per heavy atom.